The van der Waals surface area contributed by atoms with Crippen LogP contribution in [0.1, 0.15) is 5.69 Å². The smallest absolute Gasteiger partial charge is 0.406 e. The van der Waals surface area contributed by atoms with E-state index in [1.54, 1.807) is 0 Å². The Morgan fingerprint density at radius 2 is 1.81 bits per heavy atom. The number of ether oxygens (including phenoxy) is 1. The van der Waals surface area contributed by atoms with Crippen molar-refractivity contribution in [3.05, 3.63) is 66.0 Å². The van der Waals surface area contributed by atoms with Crippen LogP contribution < -0.4 is 15.2 Å². The number of hydrogen-bond acceptors (Lipinski definition) is 5. The Bertz CT molecular complexity index is 1260. The third-order valence-electron chi connectivity index (χ3n) is 3.76. The minimum atomic E-state index is -5.09. The normalized spacial score (nSPS) is 11.9. The summed E-state index contributed by atoms with van der Waals surface area (Å²) in [5.41, 5.74) is -2.16. The molecule has 0 unspecified atom stereocenters. The maximum atomic E-state index is 13.5. The number of nitrogens with zero attached hydrogens (tertiary/aromatic N) is 2. The number of anilines is 1. The van der Waals surface area contributed by atoms with Crippen molar-refractivity contribution < 1.29 is 39.9 Å². The molecule has 0 fully saturated rings. The van der Waals surface area contributed by atoms with E-state index in [0.29, 0.717) is 18.3 Å². The Morgan fingerprint density at radius 3 is 2.42 bits per heavy atom. The predicted octanol–water partition coefficient (Wildman–Crippen LogP) is 3.43. The number of halogens is 5. The molecule has 0 saturated carbocycles. The Balaban J connectivity index is 1.91. The molecule has 164 valence electrons. The van der Waals surface area contributed by atoms with Crippen molar-refractivity contribution in [3.8, 4) is 11.4 Å². The molecule has 8 nitrogen and oxygen atoms in total. The molecule has 3 rings (SSSR count). The van der Waals surface area contributed by atoms with Gasteiger partial charge in [0.15, 0.2) is 23.1 Å². The van der Waals surface area contributed by atoms with E-state index < -0.39 is 51.1 Å². The predicted molar refractivity (Wildman–Crippen MR) is 95.9 cm³/mol. The van der Waals surface area contributed by atoms with Crippen molar-refractivity contribution in [2.24, 2.45) is 5.14 Å². The maximum absolute atomic E-state index is 13.5. The molecule has 2 aromatic carbocycles. The van der Waals surface area contributed by atoms with Crippen LogP contribution in [0.4, 0.5) is 32.4 Å². The molecule has 1 heterocycles. The summed E-state index contributed by atoms with van der Waals surface area (Å²) in [6.07, 6.45) is -5.93. The molecule has 0 bridgehead atoms. The van der Waals surface area contributed by atoms with Crippen LogP contribution in [0.3, 0.4) is 0 Å². The Morgan fingerprint density at radius 1 is 1.10 bits per heavy atom. The zero-order valence-corrected chi connectivity index (χ0v) is 15.8. The van der Waals surface area contributed by atoms with Gasteiger partial charge in [-0.15, -0.1) is 0 Å². The lowest BCUT2D eigenvalue weighted by Crippen LogP contribution is -2.20. The van der Waals surface area contributed by atoms with Gasteiger partial charge in [0.05, 0.1) is 16.8 Å². The molecule has 0 aliphatic carbocycles. The van der Waals surface area contributed by atoms with Crippen LogP contribution in [0.2, 0.25) is 0 Å². The number of aromatic nitrogens is 2. The highest BCUT2D eigenvalue weighted by Crippen LogP contribution is 2.38. The third-order valence-corrected chi connectivity index (χ3v) is 4.67. The fourth-order valence-electron chi connectivity index (χ4n) is 2.47. The molecule has 1 amide bonds. The average Bonchev–Trinajstić information content (AvgIpc) is 3.07. The Kier molecular flexibility index (Phi) is 5.69. The molecular weight excluding hydrogens is 451 g/mol. The van der Waals surface area contributed by atoms with Crippen LogP contribution in [0, 0.1) is 11.6 Å². The SMILES string of the molecule is NS(=O)(=O)c1cccc(NC(=O)Oc2cnn(-c3ccc(F)c(F)c3)c2C(F)(F)F)c1. The number of carbonyl (C=O) groups excluding carboxylic acids is 1. The molecule has 3 N–H and O–H groups in total. The summed E-state index contributed by atoms with van der Waals surface area (Å²) in [7, 11) is -4.09. The van der Waals surface area contributed by atoms with Gasteiger partial charge < -0.3 is 4.74 Å². The van der Waals surface area contributed by atoms with Gasteiger partial charge in [-0.25, -0.2) is 31.8 Å². The molecule has 31 heavy (non-hydrogen) atoms. The molecule has 0 radical (unpaired) electrons. The number of rotatable bonds is 4. The minimum Gasteiger partial charge on any atom is -0.406 e. The summed E-state index contributed by atoms with van der Waals surface area (Å²) in [6.45, 7) is 0. The molecule has 0 saturated heterocycles. The fourth-order valence-corrected chi connectivity index (χ4v) is 3.03. The molecule has 3 aromatic rings. The molecule has 1 aromatic heterocycles. The zero-order chi connectivity index (χ0) is 23.0. The number of carbonyl (C=O) groups is 1. The second-order valence-corrected chi connectivity index (χ2v) is 7.51. The summed E-state index contributed by atoms with van der Waals surface area (Å²) in [6, 6.07) is 6.52. The summed E-state index contributed by atoms with van der Waals surface area (Å²) in [5.74, 6) is -3.71. The maximum Gasteiger partial charge on any atom is 0.437 e. The van der Waals surface area contributed by atoms with Gasteiger partial charge in [-0.2, -0.15) is 18.3 Å². The van der Waals surface area contributed by atoms with Crippen LogP contribution >= 0.6 is 0 Å². The van der Waals surface area contributed by atoms with E-state index >= 15 is 0 Å². The molecule has 0 aliphatic heterocycles. The highest BCUT2D eigenvalue weighted by Gasteiger charge is 2.40. The average molecular weight is 462 g/mol. The lowest BCUT2D eigenvalue weighted by atomic mass is 10.3. The van der Waals surface area contributed by atoms with Crippen LogP contribution in [-0.2, 0) is 16.2 Å². The van der Waals surface area contributed by atoms with Gasteiger partial charge >= 0.3 is 12.3 Å². The minimum absolute atomic E-state index is 0.127. The summed E-state index contributed by atoms with van der Waals surface area (Å²) in [5, 5.41) is 10.5. The molecule has 14 heteroatoms. The number of amides is 1. The van der Waals surface area contributed by atoms with Gasteiger partial charge in [0.25, 0.3) is 0 Å². The van der Waals surface area contributed by atoms with E-state index in [2.05, 4.69) is 15.2 Å². The van der Waals surface area contributed by atoms with Gasteiger partial charge in [-0.3, -0.25) is 5.32 Å². The quantitative estimate of drug-likeness (QED) is 0.577. The van der Waals surface area contributed by atoms with Gasteiger partial charge in [0.1, 0.15) is 0 Å². The third kappa shape index (κ3) is 4.97. The van der Waals surface area contributed by atoms with Gasteiger partial charge in [-0.1, -0.05) is 6.07 Å². The van der Waals surface area contributed by atoms with E-state index in [-0.39, 0.29) is 15.3 Å². The number of nitrogens with one attached hydrogen (secondary N) is 1. The van der Waals surface area contributed by atoms with Gasteiger partial charge in [-0.05, 0) is 30.3 Å². The van der Waals surface area contributed by atoms with Crippen LogP contribution in [0.15, 0.2) is 53.6 Å². The molecular formula is C17H11F5N4O4S. The van der Waals surface area contributed by atoms with Crippen LogP contribution in [0.25, 0.3) is 5.69 Å². The Hall–Kier alpha value is -3.52. The lowest BCUT2D eigenvalue weighted by molar-refractivity contribution is -0.143. The molecule has 0 aliphatic rings. The molecule has 0 atom stereocenters. The van der Waals surface area contributed by atoms with Gasteiger partial charge in [0.2, 0.25) is 10.0 Å². The van der Waals surface area contributed by atoms with Crippen LogP contribution in [-0.4, -0.2) is 24.3 Å². The number of alkyl halides is 3. The van der Waals surface area contributed by atoms with E-state index in [1.807, 2.05) is 0 Å². The van der Waals surface area contributed by atoms with Crippen molar-refractivity contribution >= 4 is 21.8 Å². The van der Waals surface area contributed by atoms with Crippen molar-refractivity contribution in [1.29, 1.82) is 0 Å². The largest absolute Gasteiger partial charge is 0.437 e. The van der Waals surface area contributed by atoms with E-state index in [0.717, 1.165) is 18.2 Å². The first kappa shape index (κ1) is 22.2. The zero-order valence-electron chi connectivity index (χ0n) is 15.0. The Labute approximate surface area is 171 Å². The van der Waals surface area contributed by atoms with Crippen molar-refractivity contribution in [2.75, 3.05) is 5.32 Å². The summed E-state index contributed by atoms with van der Waals surface area (Å²) < 4.78 is 94.7. The first-order valence-electron chi connectivity index (χ1n) is 8.08. The highest BCUT2D eigenvalue weighted by molar-refractivity contribution is 7.89. The van der Waals surface area contributed by atoms with E-state index in [9.17, 15) is 35.2 Å². The lowest BCUT2D eigenvalue weighted by Gasteiger charge is -2.13. The second-order valence-electron chi connectivity index (χ2n) is 5.95. The van der Waals surface area contributed by atoms with E-state index in [1.165, 1.54) is 12.1 Å². The number of primary sulfonamides is 1. The summed E-state index contributed by atoms with van der Waals surface area (Å²) >= 11 is 0. The number of nitrogens with two attached hydrogens (primary N) is 1. The van der Waals surface area contributed by atoms with Crippen LogP contribution in [0.5, 0.6) is 5.75 Å². The van der Waals surface area contributed by atoms with E-state index in [4.69, 9.17) is 5.14 Å². The van der Waals surface area contributed by atoms with Crippen molar-refractivity contribution in [2.45, 2.75) is 11.1 Å². The first-order chi connectivity index (χ1) is 14.4. The summed E-state index contributed by atoms with van der Waals surface area (Å²) in [4.78, 5) is 11.7. The fraction of sp³-hybridized carbons (Fsp3) is 0.0588. The monoisotopic (exact) mass is 462 g/mol. The second kappa shape index (κ2) is 7.96. The van der Waals surface area contributed by atoms with Gasteiger partial charge in [0, 0.05) is 11.8 Å². The standard InChI is InChI=1S/C17H11F5N4O4S/c18-12-5-4-10(7-13(12)19)26-15(17(20,21)22)14(8-24-26)30-16(27)25-9-2-1-3-11(6-9)31(23,28)29/h1-8H,(H,25,27)(H2,23,28,29). The highest BCUT2D eigenvalue weighted by atomic mass is 32.2. The number of hydrogen-bond donors (Lipinski definition) is 2. The first-order valence-corrected chi connectivity index (χ1v) is 9.63. The van der Waals surface area contributed by atoms with Crippen molar-refractivity contribution in [3.63, 3.8) is 0 Å². The molecule has 0 spiro atoms. The topological polar surface area (TPSA) is 116 Å². The van der Waals surface area contributed by atoms with Crippen molar-refractivity contribution in [1.82, 2.24) is 9.78 Å². The number of benzene rings is 2. The number of sulfonamides is 1.